The minimum atomic E-state index is -3.87. The number of carbonyl (C=O) groups is 1. The van der Waals surface area contributed by atoms with E-state index in [2.05, 4.69) is 10.0 Å². The molecule has 9 heteroatoms. The van der Waals surface area contributed by atoms with E-state index in [1.807, 2.05) is 31.2 Å². The number of rotatable bonds is 10. The second-order valence-electron chi connectivity index (χ2n) is 7.89. The quantitative estimate of drug-likeness (QED) is 0.542. The van der Waals surface area contributed by atoms with Crippen LogP contribution in [0.1, 0.15) is 42.1 Å². The van der Waals surface area contributed by atoms with Crippen LogP contribution >= 0.6 is 11.6 Å². The number of methoxy groups -OCH3 is 1. The van der Waals surface area contributed by atoms with Crippen LogP contribution in [0.5, 0.6) is 5.75 Å². The largest absolute Gasteiger partial charge is 0.497 e. The molecule has 32 heavy (non-hydrogen) atoms. The van der Waals surface area contributed by atoms with Crippen LogP contribution in [0.3, 0.4) is 0 Å². The average Bonchev–Trinajstić information content (AvgIpc) is 3.30. The summed E-state index contributed by atoms with van der Waals surface area (Å²) in [4.78, 5) is 12.6. The monoisotopic (exact) mass is 480 g/mol. The number of hydrogen-bond donors (Lipinski definition) is 2. The highest BCUT2D eigenvalue weighted by Crippen LogP contribution is 2.23. The first-order chi connectivity index (χ1) is 15.3. The fourth-order valence-corrected chi connectivity index (χ4v) is 5.08. The Morgan fingerprint density at radius 3 is 2.66 bits per heavy atom. The lowest BCUT2D eigenvalue weighted by atomic mass is 10.1. The molecule has 0 aliphatic carbocycles. The molecule has 1 amide bonds. The molecule has 0 radical (unpaired) electrons. The van der Waals surface area contributed by atoms with Crippen LogP contribution in [0.25, 0.3) is 0 Å². The number of hydrogen-bond acceptors (Lipinski definition) is 5. The number of nitrogens with one attached hydrogen (secondary N) is 2. The lowest BCUT2D eigenvalue weighted by Gasteiger charge is -2.16. The molecule has 2 N–H and O–H groups in total. The van der Waals surface area contributed by atoms with Crippen molar-refractivity contribution in [2.24, 2.45) is 0 Å². The molecule has 0 spiro atoms. The lowest BCUT2D eigenvalue weighted by molar-refractivity contribution is 0.0938. The fraction of sp³-hybridized carbons (Fsp3) is 0.435. The molecular weight excluding hydrogens is 452 g/mol. The summed E-state index contributed by atoms with van der Waals surface area (Å²) >= 11 is 6.13. The first kappa shape index (κ1) is 24.5. The lowest BCUT2D eigenvalue weighted by Crippen LogP contribution is -2.34. The van der Waals surface area contributed by atoms with Crippen molar-refractivity contribution in [3.63, 3.8) is 0 Å². The summed E-state index contributed by atoms with van der Waals surface area (Å²) in [5.74, 6) is 0.452. The Kier molecular flexibility index (Phi) is 8.53. The maximum atomic E-state index is 12.7. The molecule has 2 aromatic carbocycles. The van der Waals surface area contributed by atoms with Crippen LogP contribution in [0, 0.1) is 0 Å². The van der Waals surface area contributed by atoms with Crippen LogP contribution in [0.4, 0.5) is 0 Å². The molecule has 174 valence electrons. The van der Waals surface area contributed by atoms with E-state index >= 15 is 0 Å². The van der Waals surface area contributed by atoms with Gasteiger partial charge in [-0.1, -0.05) is 23.7 Å². The number of halogens is 1. The Labute approximate surface area is 194 Å². The van der Waals surface area contributed by atoms with E-state index in [4.69, 9.17) is 21.1 Å². The second kappa shape index (κ2) is 11.1. The maximum absolute atomic E-state index is 12.7. The molecule has 2 aromatic rings. The van der Waals surface area contributed by atoms with Crippen LogP contribution in [-0.4, -0.2) is 46.7 Å². The minimum absolute atomic E-state index is 0.0638. The predicted octanol–water partition coefficient (Wildman–Crippen LogP) is 3.56. The summed E-state index contributed by atoms with van der Waals surface area (Å²) < 4.78 is 38.6. The van der Waals surface area contributed by atoms with E-state index < -0.39 is 10.0 Å². The zero-order valence-corrected chi connectivity index (χ0v) is 19.8. The number of carbonyl (C=O) groups excluding carboxylic acids is 1. The van der Waals surface area contributed by atoms with Gasteiger partial charge in [0.15, 0.2) is 0 Å². The van der Waals surface area contributed by atoms with E-state index in [9.17, 15) is 13.2 Å². The first-order valence-electron chi connectivity index (χ1n) is 10.6. The van der Waals surface area contributed by atoms with Crippen molar-refractivity contribution >= 4 is 27.5 Å². The number of benzene rings is 2. The normalized spacial score (nSPS) is 17.2. The number of amides is 1. The highest BCUT2D eigenvalue weighted by atomic mass is 35.5. The molecule has 0 bridgehead atoms. The van der Waals surface area contributed by atoms with E-state index in [1.54, 1.807) is 7.11 Å². The van der Waals surface area contributed by atoms with Crippen LogP contribution in [0.15, 0.2) is 47.4 Å². The summed E-state index contributed by atoms with van der Waals surface area (Å²) in [6.45, 7) is 2.73. The zero-order valence-electron chi connectivity index (χ0n) is 18.3. The average molecular weight is 481 g/mol. The summed E-state index contributed by atoms with van der Waals surface area (Å²) in [5, 5.41) is 2.99. The van der Waals surface area contributed by atoms with Gasteiger partial charge in [0, 0.05) is 24.8 Å². The number of aryl methyl sites for hydroxylation is 1. The molecule has 1 fully saturated rings. The van der Waals surface area contributed by atoms with Gasteiger partial charge in [-0.25, -0.2) is 13.1 Å². The van der Waals surface area contributed by atoms with Gasteiger partial charge in [-0.3, -0.25) is 4.79 Å². The maximum Gasteiger partial charge on any atom is 0.251 e. The summed E-state index contributed by atoms with van der Waals surface area (Å²) in [6.07, 6.45) is 3.12. The van der Waals surface area contributed by atoms with Crippen LogP contribution in [0.2, 0.25) is 5.02 Å². The van der Waals surface area contributed by atoms with Crippen molar-refractivity contribution in [2.75, 3.05) is 20.3 Å². The van der Waals surface area contributed by atoms with Crippen molar-refractivity contribution in [3.8, 4) is 5.75 Å². The molecule has 2 atom stereocenters. The minimum Gasteiger partial charge on any atom is -0.497 e. The highest BCUT2D eigenvalue weighted by molar-refractivity contribution is 7.89. The van der Waals surface area contributed by atoms with Crippen molar-refractivity contribution in [3.05, 3.63) is 58.6 Å². The van der Waals surface area contributed by atoms with Gasteiger partial charge >= 0.3 is 0 Å². The van der Waals surface area contributed by atoms with Gasteiger partial charge in [0.1, 0.15) is 10.6 Å². The van der Waals surface area contributed by atoms with Gasteiger partial charge in [0.2, 0.25) is 10.0 Å². The third-order valence-corrected chi connectivity index (χ3v) is 7.32. The molecule has 3 rings (SSSR count). The van der Waals surface area contributed by atoms with Gasteiger partial charge in [0.05, 0.1) is 18.2 Å². The first-order valence-corrected chi connectivity index (χ1v) is 12.5. The fourth-order valence-electron chi connectivity index (χ4n) is 3.49. The van der Waals surface area contributed by atoms with E-state index in [-0.39, 0.29) is 40.1 Å². The standard InChI is InChI=1S/C23H29ClN2O5S/c1-16(5-6-17-7-10-19(30-2)11-8-17)26-23(27)18-9-12-21(24)22(14-18)32(28,29)25-15-20-4-3-13-31-20/h7-12,14,16,20,25H,3-6,13,15H2,1-2H3,(H,26,27). The van der Waals surface area contributed by atoms with Gasteiger partial charge in [-0.15, -0.1) is 0 Å². The molecule has 1 aliphatic heterocycles. The summed E-state index contributed by atoms with van der Waals surface area (Å²) in [7, 11) is -2.24. The Balaban J connectivity index is 1.59. The van der Waals surface area contributed by atoms with Gasteiger partial charge in [-0.2, -0.15) is 0 Å². The summed E-state index contributed by atoms with van der Waals surface area (Å²) in [6, 6.07) is 12.0. The topological polar surface area (TPSA) is 93.7 Å². The SMILES string of the molecule is COc1ccc(CCC(C)NC(=O)c2ccc(Cl)c(S(=O)(=O)NCC3CCCO3)c2)cc1. The van der Waals surface area contributed by atoms with Gasteiger partial charge in [0.25, 0.3) is 5.91 Å². The second-order valence-corrected chi connectivity index (χ2v) is 10.0. The molecule has 1 saturated heterocycles. The molecular formula is C23H29ClN2O5S. The van der Waals surface area contributed by atoms with E-state index in [0.717, 1.165) is 37.0 Å². The van der Waals surface area contributed by atoms with Crippen molar-refractivity contribution in [1.29, 1.82) is 0 Å². The highest BCUT2D eigenvalue weighted by Gasteiger charge is 2.23. The molecule has 0 saturated carbocycles. The third-order valence-electron chi connectivity index (χ3n) is 5.41. The van der Waals surface area contributed by atoms with Gasteiger partial charge in [-0.05, 0) is 68.5 Å². The van der Waals surface area contributed by atoms with Crippen LogP contribution < -0.4 is 14.8 Å². The van der Waals surface area contributed by atoms with E-state index in [1.165, 1.54) is 18.2 Å². The Morgan fingerprint density at radius 2 is 2.00 bits per heavy atom. The zero-order chi connectivity index (χ0) is 23.1. The molecule has 1 aliphatic rings. The molecule has 1 heterocycles. The van der Waals surface area contributed by atoms with Crippen molar-refractivity contribution in [2.45, 2.75) is 49.6 Å². The van der Waals surface area contributed by atoms with E-state index in [0.29, 0.717) is 6.61 Å². The Bertz CT molecular complexity index is 1020. The predicted molar refractivity (Wildman–Crippen MR) is 124 cm³/mol. The number of ether oxygens (including phenoxy) is 2. The van der Waals surface area contributed by atoms with Crippen molar-refractivity contribution < 1.29 is 22.7 Å². The smallest absolute Gasteiger partial charge is 0.251 e. The number of sulfonamides is 1. The molecule has 2 unspecified atom stereocenters. The molecule has 7 nitrogen and oxygen atoms in total. The van der Waals surface area contributed by atoms with Crippen LogP contribution in [-0.2, 0) is 21.2 Å². The third kappa shape index (κ3) is 6.68. The van der Waals surface area contributed by atoms with Gasteiger partial charge < -0.3 is 14.8 Å². The molecule has 0 aromatic heterocycles. The Morgan fingerprint density at radius 1 is 1.25 bits per heavy atom. The Hall–Kier alpha value is -2.13. The van der Waals surface area contributed by atoms with Crippen molar-refractivity contribution in [1.82, 2.24) is 10.0 Å². The summed E-state index contributed by atoms with van der Waals surface area (Å²) in [5.41, 5.74) is 1.38.